The van der Waals surface area contributed by atoms with Crippen molar-refractivity contribution in [1.29, 1.82) is 0 Å². The number of aromatic nitrogens is 2. The summed E-state index contributed by atoms with van der Waals surface area (Å²) < 4.78 is 16.0. The Morgan fingerprint density at radius 1 is 0.791 bits per heavy atom. The number of likely N-dealkylation sites (N-methyl/N-ethyl adjacent to an activating group) is 1. The van der Waals surface area contributed by atoms with E-state index in [1.165, 1.54) is 0 Å². The number of methoxy groups -OCH3 is 3. The molecule has 1 aliphatic rings. The molecular formula is C32H42N6O5. The van der Waals surface area contributed by atoms with Crippen molar-refractivity contribution in [1.82, 2.24) is 24.9 Å². The first-order chi connectivity index (χ1) is 20.9. The smallest absolute Gasteiger partial charge is 0.254 e. The zero-order valence-electron chi connectivity index (χ0n) is 25.8. The summed E-state index contributed by atoms with van der Waals surface area (Å²) >= 11 is 0. The molecule has 1 aromatic heterocycles. The van der Waals surface area contributed by atoms with Crippen molar-refractivity contribution < 1.29 is 23.8 Å². The number of carbonyl (C=O) groups excluding carboxylic acids is 2. The number of ether oxygens (including phenoxy) is 3. The Bertz CT molecular complexity index is 1340. The van der Waals surface area contributed by atoms with Crippen LogP contribution in [-0.4, -0.2) is 117 Å². The van der Waals surface area contributed by atoms with E-state index in [1.54, 1.807) is 50.5 Å². The topological polar surface area (TPSA) is 101 Å². The number of rotatable bonds is 13. The lowest BCUT2D eigenvalue weighted by Crippen LogP contribution is -2.52. The summed E-state index contributed by atoms with van der Waals surface area (Å²) in [5.41, 5.74) is 2.06. The minimum Gasteiger partial charge on any atom is -0.497 e. The van der Waals surface area contributed by atoms with Gasteiger partial charge in [0.1, 0.15) is 23.8 Å². The molecule has 4 rings (SSSR count). The van der Waals surface area contributed by atoms with Crippen LogP contribution in [-0.2, 0) is 4.79 Å². The van der Waals surface area contributed by atoms with Gasteiger partial charge in [-0.3, -0.25) is 9.59 Å². The molecule has 1 saturated heterocycles. The summed E-state index contributed by atoms with van der Waals surface area (Å²) in [7, 11) is 4.81. The monoisotopic (exact) mass is 590 g/mol. The lowest BCUT2D eigenvalue weighted by molar-refractivity contribution is -0.132. The fourth-order valence-electron chi connectivity index (χ4n) is 5.07. The molecule has 43 heavy (non-hydrogen) atoms. The van der Waals surface area contributed by atoms with Crippen molar-refractivity contribution in [3.63, 3.8) is 0 Å². The molecule has 1 fully saturated rings. The maximum atomic E-state index is 13.4. The van der Waals surface area contributed by atoms with Crippen LogP contribution in [0, 0.1) is 0 Å². The van der Waals surface area contributed by atoms with Gasteiger partial charge in [-0.15, -0.1) is 10.2 Å². The molecule has 3 aromatic rings. The fourth-order valence-corrected chi connectivity index (χ4v) is 5.07. The molecule has 2 amide bonds. The van der Waals surface area contributed by atoms with Crippen LogP contribution in [0.25, 0.3) is 11.3 Å². The molecule has 0 N–H and O–H groups in total. The van der Waals surface area contributed by atoms with E-state index < -0.39 is 0 Å². The van der Waals surface area contributed by atoms with Gasteiger partial charge >= 0.3 is 0 Å². The van der Waals surface area contributed by atoms with Gasteiger partial charge in [0.05, 0.1) is 27.0 Å². The number of hydrogen-bond donors (Lipinski definition) is 0. The number of carbonyl (C=O) groups is 2. The quantitative estimate of drug-likeness (QED) is 0.297. The lowest BCUT2D eigenvalue weighted by Gasteiger charge is -2.36. The molecular weight excluding hydrogens is 548 g/mol. The average Bonchev–Trinajstić information content (AvgIpc) is 3.07. The number of benzene rings is 2. The van der Waals surface area contributed by atoms with Gasteiger partial charge in [-0.05, 0) is 61.6 Å². The van der Waals surface area contributed by atoms with Crippen LogP contribution in [0.5, 0.6) is 17.2 Å². The first-order valence-electron chi connectivity index (χ1n) is 14.6. The summed E-state index contributed by atoms with van der Waals surface area (Å²) in [6.07, 6.45) is 0. The van der Waals surface area contributed by atoms with Gasteiger partial charge in [-0.25, -0.2) is 0 Å². The normalized spacial score (nSPS) is 13.2. The maximum absolute atomic E-state index is 13.4. The molecule has 0 saturated carbocycles. The van der Waals surface area contributed by atoms with Gasteiger partial charge in [0, 0.05) is 56.5 Å². The zero-order chi connectivity index (χ0) is 30.8. The number of anilines is 1. The van der Waals surface area contributed by atoms with Crippen molar-refractivity contribution in [3.8, 4) is 28.5 Å². The molecule has 11 heteroatoms. The van der Waals surface area contributed by atoms with E-state index in [0.29, 0.717) is 67.8 Å². The number of hydrogen-bond acceptors (Lipinski definition) is 9. The van der Waals surface area contributed by atoms with E-state index in [0.717, 1.165) is 24.5 Å². The molecule has 0 spiro atoms. The number of piperazine rings is 1. The summed E-state index contributed by atoms with van der Waals surface area (Å²) in [5, 5.41) is 8.90. The Labute approximate surface area is 253 Å². The van der Waals surface area contributed by atoms with Gasteiger partial charge in [0.2, 0.25) is 5.91 Å². The van der Waals surface area contributed by atoms with Crippen LogP contribution in [0.2, 0.25) is 0 Å². The van der Waals surface area contributed by atoms with Gasteiger partial charge in [-0.1, -0.05) is 13.8 Å². The van der Waals surface area contributed by atoms with E-state index in [2.05, 4.69) is 33.8 Å². The van der Waals surface area contributed by atoms with E-state index in [-0.39, 0.29) is 18.4 Å². The van der Waals surface area contributed by atoms with Crippen LogP contribution in [0.3, 0.4) is 0 Å². The summed E-state index contributed by atoms with van der Waals surface area (Å²) in [5.74, 6) is 2.57. The fraction of sp³-hybridized carbons (Fsp3) is 0.438. The second-order valence-electron chi connectivity index (χ2n) is 10.2. The third-order valence-corrected chi connectivity index (χ3v) is 7.82. The van der Waals surface area contributed by atoms with Gasteiger partial charge < -0.3 is 33.8 Å². The minimum absolute atomic E-state index is 0.0321. The Hall–Kier alpha value is -4.38. The summed E-state index contributed by atoms with van der Waals surface area (Å²) in [6.45, 7) is 9.48. The highest BCUT2D eigenvalue weighted by molar-refractivity contribution is 5.96. The Kier molecular flexibility index (Phi) is 11.2. The molecule has 0 bridgehead atoms. The highest BCUT2D eigenvalue weighted by atomic mass is 16.5. The Morgan fingerprint density at radius 3 is 2.05 bits per heavy atom. The summed E-state index contributed by atoms with van der Waals surface area (Å²) in [6, 6.07) is 16.4. The second-order valence-corrected chi connectivity index (χ2v) is 10.2. The zero-order valence-corrected chi connectivity index (χ0v) is 25.8. The van der Waals surface area contributed by atoms with Gasteiger partial charge in [0.25, 0.3) is 5.91 Å². The highest BCUT2D eigenvalue weighted by Crippen LogP contribution is 2.32. The molecule has 0 aliphatic carbocycles. The average molecular weight is 591 g/mol. The third-order valence-electron chi connectivity index (χ3n) is 7.82. The van der Waals surface area contributed by atoms with Crippen molar-refractivity contribution in [2.45, 2.75) is 13.8 Å². The highest BCUT2D eigenvalue weighted by Gasteiger charge is 2.26. The van der Waals surface area contributed by atoms with Crippen LogP contribution >= 0.6 is 0 Å². The van der Waals surface area contributed by atoms with Gasteiger partial charge in [-0.2, -0.15) is 0 Å². The molecule has 1 aliphatic heterocycles. The molecule has 2 heterocycles. The van der Waals surface area contributed by atoms with Crippen molar-refractivity contribution in [3.05, 3.63) is 60.2 Å². The van der Waals surface area contributed by atoms with E-state index in [9.17, 15) is 9.59 Å². The van der Waals surface area contributed by atoms with Gasteiger partial charge in [0.15, 0.2) is 5.82 Å². The molecule has 11 nitrogen and oxygen atoms in total. The first-order valence-corrected chi connectivity index (χ1v) is 14.6. The van der Waals surface area contributed by atoms with Crippen LogP contribution in [0.4, 0.5) is 5.82 Å². The molecule has 0 atom stereocenters. The van der Waals surface area contributed by atoms with Crippen LogP contribution in [0.15, 0.2) is 54.6 Å². The minimum atomic E-state index is -0.161. The largest absolute Gasteiger partial charge is 0.497 e. The molecule has 230 valence electrons. The van der Waals surface area contributed by atoms with E-state index >= 15 is 0 Å². The van der Waals surface area contributed by atoms with Crippen molar-refractivity contribution in [2.75, 3.05) is 85.1 Å². The number of nitrogens with zero attached hydrogens (tertiary/aromatic N) is 6. The van der Waals surface area contributed by atoms with E-state index in [1.807, 2.05) is 35.2 Å². The maximum Gasteiger partial charge on any atom is 0.254 e. The Morgan fingerprint density at radius 2 is 1.47 bits per heavy atom. The molecule has 2 aromatic carbocycles. The van der Waals surface area contributed by atoms with Crippen LogP contribution < -0.4 is 19.1 Å². The van der Waals surface area contributed by atoms with Crippen LogP contribution in [0.1, 0.15) is 24.2 Å². The molecule has 0 unspecified atom stereocenters. The summed E-state index contributed by atoms with van der Waals surface area (Å²) in [4.78, 5) is 34.7. The molecule has 0 radical (unpaired) electrons. The predicted molar refractivity (Wildman–Crippen MR) is 166 cm³/mol. The Balaban J connectivity index is 1.38. The standard InChI is InChI=1S/C32H42N6O5/c1-6-35(7-2)16-17-38(32(40)24-8-10-25(41-3)11-9-24)23-31(39)37-20-18-36(19-21-37)30-15-14-28(33-34-30)27-13-12-26(42-4)22-29(27)43-5/h8-15,22H,6-7,16-21,23H2,1-5H3. The number of amides is 2. The second kappa shape index (κ2) is 15.2. The van der Waals surface area contributed by atoms with Crippen molar-refractivity contribution in [2.24, 2.45) is 0 Å². The third kappa shape index (κ3) is 7.92. The predicted octanol–water partition coefficient (Wildman–Crippen LogP) is 3.30. The van der Waals surface area contributed by atoms with E-state index in [4.69, 9.17) is 14.2 Å². The van der Waals surface area contributed by atoms with Crippen molar-refractivity contribution >= 4 is 17.6 Å². The lowest BCUT2D eigenvalue weighted by atomic mass is 10.1. The first kappa shape index (κ1) is 31.6. The SMILES string of the molecule is CCN(CC)CCN(CC(=O)N1CCN(c2ccc(-c3ccc(OC)cc3OC)nn2)CC1)C(=O)c1ccc(OC)cc1.